The van der Waals surface area contributed by atoms with Crippen LogP contribution in [-0.2, 0) is 4.79 Å². The Balaban J connectivity index is 1.36. The molecule has 3 heterocycles. The summed E-state index contributed by atoms with van der Waals surface area (Å²) in [4.78, 5) is 14.6. The molecule has 7 nitrogen and oxygen atoms in total. The molecule has 132 valence electrons. The van der Waals surface area contributed by atoms with Crippen LogP contribution in [0.5, 0.6) is 0 Å². The number of nitrogens with zero attached hydrogens (tertiary/aromatic N) is 5. The number of nitrogens with one attached hydrogen (secondary N) is 1. The van der Waals surface area contributed by atoms with Gasteiger partial charge in [-0.25, -0.2) is 0 Å². The van der Waals surface area contributed by atoms with Crippen molar-refractivity contribution in [3.05, 3.63) is 47.8 Å². The van der Waals surface area contributed by atoms with E-state index < -0.39 is 0 Å². The molecule has 0 bridgehead atoms. The number of amides is 1. The molecule has 1 amide bonds. The Labute approximate surface area is 151 Å². The Hall–Kier alpha value is -2.96. The highest BCUT2D eigenvalue weighted by molar-refractivity contribution is 6.00. The van der Waals surface area contributed by atoms with Crippen molar-refractivity contribution < 1.29 is 4.79 Å². The molecule has 0 spiro atoms. The molecule has 5 rings (SSSR count). The molecule has 1 aliphatic carbocycles. The second-order valence-electron chi connectivity index (χ2n) is 7.13. The van der Waals surface area contributed by atoms with Gasteiger partial charge in [0, 0.05) is 18.2 Å². The predicted octanol–water partition coefficient (Wildman–Crippen LogP) is 2.53. The number of anilines is 2. The van der Waals surface area contributed by atoms with Crippen LogP contribution in [0.2, 0.25) is 0 Å². The SMILES string of the molecule is Cc1ccc(N2CC[C@@H](Nc3ccc4nnc(C5CC5)n4n3)C2=O)cc1. The summed E-state index contributed by atoms with van der Waals surface area (Å²) in [6.45, 7) is 2.75. The van der Waals surface area contributed by atoms with Gasteiger partial charge in [-0.05, 0) is 50.5 Å². The van der Waals surface area contributed by atoms with Crippen molar-refractivity contribution in [2.75, 3.05) is 16.8 Å². The summed E-state index contributed by atoms with van der Waals surface area (Å²) in [5.74, 6) is 2.16. The summed E-state index contributed by atoms with van der Waals surface area (Å²) < 4.78 is 1.80. The molecule has 0 radical (unpaired) electrons. The molecular formula is C19H20N6O. The van der Waals surface area contributed by atoms with E-state index in [1.165, 1.54) is 5.56 Å². The van der Waals surface area contributed by atoms with Crippen molar-refractivity contribution in [3.8, 4) is 0 Å². The average molecular weight is 348 g/mol. The second kappa shape index (κ2) is 5.79. The zero-order chi connectivity index (χ0) is 17.7. The number of carbonyl (C=O) groups excluding carboxylic acids is 1. The first-order valence-electron chi connectivity index (χ1n) is 9.06. The number of hydrogen-bond acceptors (Lipinski definition) is 5. The lowest BCUT2D eigenvalue weighted by Gasteiger charge is -2.17. The predicted molar refractivity (Wildman–Crippen MR) is 98.3 cm³/mol. The first-order valence-corrected chi connectivity index (χ1v) is 9.06. The van der Waals surface area contributed by atoms with Crippen LogP contribution >= 0.6 is 0 Å². The fourth-order valence-corrected chi connectivity index (χ4v) is 3.45. The first kappa shape index (κ1) is 15.3. The van der Waals surface area contributed by atoms with Crippen molar-refractivity contribution >= 4 is 23.1 Å². The van der Waals surface area contributed by atoms with E-state index >= 15 is 0 Å². The summed E-state index contributed by atoms with van der Waals surface area (Å²) in [6.07, 6.45) is 3.05. The van der Waals surface area contributed by atoms with E-state index in [4.69, 9.17) is 0 Å². The zero-order valence-electron chi connectivity index (χ0n) is 14.6. The third-order valence-electron chi connectivity index (χ3n) is 5.10. The largest absolute Gasteiger partial charge is 0.357 e. The highest BCUT2D eigenvalue weighted by atomic mass is 16.2. The monoisotopic (exact) mass is 348 g/mol. The van der Waals surface area contributed by atoms with Crippen molar-refractivity contribution in [3.63, 3.8) is 0 Å². The van der Waals surface area contributed by atoms with E-state index in [1.807, 2.05) is 48.2 Å². The van der Waals surface area contributed by atoms with Crippen LogP contribution in [0.15, 0.2) is 36.4 Å². The van der Waals surface area contributed by atoms with Crippen molar-refractivity contribution in [1.82, 2.24) is 19.8 Å². The minimum Gasteiger partial charge on any atom is -0.357 e. The van der Waals surface area contributed by atoms with Gasteiger partial charge in [0.25, 0.3) is 0 Å². The molecule has 3 aromatic rings. The van der Waals surface area contributed by atoms with Gasteiger partial charge in [-0.3, -0.25) is 4.79 Å². The second-order valence-corrected chi connectivity index (χ2v) is 7.13. The molecule has 26 heavy (non-hydrogen) atoms. The number of hydrogen-bond donors (Lipinski definition) is 1. The minimum absolute atomic E-state index is 0.0851. The molecule has 1 aliphatic heterocycles. The van der Waals surface area contributed by atoms with Crippen LogP contribution < -0.4 is 10.2 Å². The van der Waals surface area contributed by atoms with Gasteiger partial charge in [0.15, 0.2) is 11.5 Å². The fraction of sp³-hybridized carbons (Fsp3) is 0.368. The molecule has 1 saturated heterocycles. The van der Waals surface area contributed by atoms with Gasteiger partial charge in [0.05, 0.1) is 0 Å². The number of aryl methyl sites for hydroxylation is 1. The van der Waals surface area contributed by atoms with Crippen LogP contribution in [0.25, 0.3) is 5.65 Å². The zero-order valence-corrected chi connectivity index (χ0v) is 14.6. The Morgan fingerprint density at radius 2 is 1.85 bits per heavy atom. The molecular weight excluding hydrogens is 328 g/mol. The molecule has 7 heteroatoms. The number of fused-ring (bicyclic) bond motifs is 1. The van der Waals surface area contributed by atoms with Crippen LogP contribution in [-0.4, -0.2) is 38.3 Å². The Morgan fingerprint density at radius 3 is 2.62 bits per heavy atom. The van der Waals surface area contributed by atoms with Gasteiger partial charge in [0.1, 0.15) is 11.9 Å². The van der Waals surface area contributed by atoms with Crippen LogP contribution in [0.4, 0.5) is 11.5 Å². The molecule has 2 aromatic heterocycles. The maximum Gasteiger partial charge on any atom is 0.249 e. The van der Waals surface area contributed by atoms with Crippen molar-refractivity contribution in [2.45, 2.75) is 38.1 Å². The Morgan fingerprint density at radius 1 is 1.04 bits per heavy atom. The van der Waals surface area contributed by atoms with Gasteiger partial charge < -0.3 is 10.2 Å². The Bertz CT molecular complexity index is 975. The minimum atomic E-state index is -0.262. The van der Waals surface area contributed by atoms with E-state index in [1.54, 1.807) is 4.52 Å². The number of benzene rings is 1. The fourth-order valence-electron chi connectivity index (χ4n) is 3.45. The smallest absolute Gasteiger partial charge is 0.249 e. The third kappa shape index (κ3) is 2.60. The summed E-state index contributed by atoms with van der Waals surface area (Å²) in [6, 6.07) is 11.6. The van der Waals surface area contributed by atoms with E-state index in [0.29, 0.717) is 18.3 Å². The normalized spacial score (nSPS) is 20.1. The Kier molecular flexibility index (Phi) is 3.41. The van der Waals surface area contributed by atoms with Gasteiger partial charge in [-0.1, -0.05) is 17.7 Å². The maximum absolute atomic E-state index is 12.8. The van der Waals surface area contributed by atoms with E-state index in [-0.39, 0.29) is 11.9 Å². The summed E-state index contributed by atoms with van der Waals surface area (Å²) >= 11 is 0. The van der Waals surface area contributed by atoms with Gasteiger partial charge in [-0.2, -0.15) is 4.52 Å². The maximum atomic E-state index is 12.8. The topological polar surface area (TPSA) is 75.4 Å². The quantitative estimate of drug-likeness (QED) is 0.784. The number of rotatable bonds is 4. The summed E-state index contributed by atoms with van der Waals surface area (Å²) in [5, 5.41) is 16.3. The molecule has 2 fully saturated rings. The standard InChI is InChI=1S/C19H20N6O/c1-12-2-6-14(7-3-12)24-11-10-15(19(24)26)20-16-8-9-17-21-22-18(13-4-5-13)25(17)23-16/h2-3,6-9,13,15H,4-5,10-11H2,1H3,(H,20,23)/t15-/m1/s1. The van der Waals surface area contributed by atoms with E-state index in [2.05, 4.69) is 20.6 Å². The van der Waals surface area contributed by atoms with Crippen LogP contribution in [0.1, 0.15) is 36.6 Å². The lowest BCUT2D eigenvalue weighted by Crippen LogP contribution is -2.33. The molecule has 1 saturated carbocycles. The van der Waals surface area contributed by atoms with Crippen molar-refractivity contribution in [2.24, 2.45) is 0 Å². The third-order valence-corrected chi connectivity index (χ3v) is 5.10. The van der Waals surface area contributed by atoms with Crippen molar-refractivity contribution in [1.29, 1.82) is 0 Å². The molecule has 1 N–H and O–H groups in total. The highest BCUT2D eigenvalue weighted by Gasteiger charge is 2.33. The van der Waals surface area contributed by atoms with Crippen LogP contribution in [0.3, 0.4) is 0 Å². The first-order chi connectivity index (χ1) is 12.7. The van der Waals surface area contributed by atoms with Gasteiger partial charge in [-0.15, -0.1) is 15.3 Å². The summed E-state index contributed by atoms with van der Waals surface area (Å²) in [7, 11) is 0. The lowest BCUT2D eigenvalue weighted by molar-refractivity contribution is -0.117. The summed E-state index contributed by atoms with van der Waals surface area (Å²) in [5.41, 5.74) is 2.88. The van der Waals surface area contributed by atoms with E-state index in [0.717, 1.165) is 36.4 Å². The van der Waals surface area contributed by atoms with E-state index in [9.17, 15) is 4.79 Å². The van der Waals surface area contributed by atoms with Gasteiger partial charge >= 0.3 is 0 Å². The lowest BCUT2D eigenvalue weighted by atomic mass is 10.2. The van der Waals surface area contributed by atoms with Crippen LogP contribution in [0, 0.1) is 6.92 Å². The molecule has 0 unspecified atom stereocenters. The molecule has 1 aromatic carbocycles. The number of carbonyl (C=O) groups is 1. The number of aromatic nitrogens is 4. The molecule has 2 aliphatic rings. The highest BCUT2D eigenvalue weighted by Crippen LogP contribution is 2.38. The average Bonchev–Trinajstić information content (AvgIpc) is 3.31. The van der Waals surface area contributed by atoms with Gasteiger partial charge in [0.2, 0.25) is 5.91 Å². The molecule has 1 atom stereocenters.